The summed E-state index contributed by atoms with van der Waals surface area (Å²) in [5.41, 5.74) is 5.03. The van der Waals surface area contributed by atoms with Crippen LogP contribution < -0.4 is 0 Å². The second-order valence-electron chi connectivity index (χ2n) is 7.92. The molecule has 6 nitrogen and oxygen atoms in total. The Morgan fingerprint density at radius 2 is 1.70 bits per heavy atom. The molecular weight excluding hydrogens is 447 g/mol. The Balaban J connectivity index is 1.85. The van der Waals surface area contributed by atoms with Gasteiger partial charge in [-0.2, -0.15) is 0 Å². The van der Waals surface area contributed by atoms with Gasteiger partial charge in [0, 0.05) is 41.3 Å². The molecular formula is C25H20ClFN2O4. The van der Waals surface area contributed by atoms with Gasteiger partial charge in [0.25, 0.3) is 0 Å². The lowest BCUT2D eigenvalue weighted by atomic mass is 9.99. The largest absolute Gasteiger partial charge is 0.465 e. The van der Waals surface area contributed by atoms with Gasteiger partial charge in [0.05, 0.1) is 37.0 Å². The van der Waals surface area contributed by atoms with Crippen LogP contribution in [-0.2, 0) is 29.5 Å². The molecule has 168 valence electrons. The molecule has 0 aliphatic carbocycles. The standard InChI is InChI=1S/C25H20ClFN2O4/c1-28-18-7-5-4-6-14(18)15-11-19-21(24(30)32-2)22(25(31)33-3)23(29(19)12-20(15)28)13-8-9-17(27)16(26)10-13/h4-10H,11-12H2,1-3H3. The van der Waals surface area contributed by atoms with Crippen molar-refractivity contribution in [3.05, 3.63) is 81.4 Å². The first-order chi connectivity index (χ1) is 15.9. The fourth-order valence-electron chi connectivity index (χ4n) is 4.83. The molecule has 3 heterocycles. The average Bonchev–Trinajstić information content (AvgIpc) is 3.31. The van der Waals surface area contributed by atoms with Crippen LogP contribution in [0.5, 0.6) is 0 Å². The molecule has 8 heteroatoms. The van der Waals surface area contributed by atoms with E-state index in [1.54, 1.807) is 0 Å². The van der Waals surface area contributed by atoms with E-state index in [2.05, 4.69) is 4.57 Å². The molecule has 2 aromatic heterocycles. The van der Waals surface area contributed by atoms with Crippen LogP contribution in [0.3, 0.4) is 0 Å². The highest BCUT2D eigenvalue weighted by molar-refractivity contribution is 6.31. The summed E-state index contributed by atoms with van der Waals surface area (Å²) in [4.78, 5) is 25.9. The van der Waals surface area contributed by atoms with E-state index in [1.807, 2.05) is 35.9 Å². The number of halogens is 2. The van der Waals surface area contributed by atoms with Crippen molar-refractivity contribution in [3.63, 3.8) is 0 Å². The molecule has 4 aromatic rings. The summed E-state index contributed by atoms with van der Waals surface area (Å²) < 4.78 is 28.1. The Bertz CT molecular complexity index is 1470. The van der Waals surface area contributed by atoms with Crippen molar-refractivity contribution in [1.82, 2.24) is 9.13 Å². The molecule has 33 heavy (non-hydrogen) atoms. The minimum atomic E-state index is -0.679. The summed E-state index contributed by atoms with van der Waals surface area (Å²) in [7, 11) is 4.52. The van der Waals surface area contributed by atoms with Gasteiger partial charge >= 0.3 is 11.9 Å². The number of nitrogens with zero attached hydrogens (tertiary/aromatic N) is 2. The number of para-hydroxylation sites is 1. The molecule has 0 fully saturated rings. The van der Waals surface area contributed by atoms with Crippen molar-refractivity contribution in [2.45, 2.75) is 13.0 Å². The summed E-state index contributed by atoms with van der Waals surface area (Å²) >= 11 is 6.07. The molecule has 0 saturated heterocycles. The van der Waals surface area contributed by atoms with Gasteiger partial charge in [-0.25, -0.2) is 14.0 Å². The number of aryl methyl sites for hydroxylation is 1. The quantitative estimate of drug-likeness (QED) is 0.352. The van der Waals surface area contributed by atoms with Crippen molar-refractivity contribution in [3.8, 4) is 11.3 Å². The number of aromatic nitrogens is 2. The van der Waals surface area contributed by atoms with Crippen LogP contribution in [0.1, 0.15) is 37.7 Å². The molecule has 0 atom stereocenters. The number of fused-ring (bicyclic) bond motifs is 4. The molecule has 0 saturated carbocycles. The molecule has 2 aromatic carbocycles. The van der Waals surface area contributed by atoms with Crippen LogP contribution >= 0.6 is 11.6 Å². The molecule has 0 N–H and O–H groups in total. The summed E-state index contributed by atoms with van der Waals surface area (Å²) in [5, 5.41) is 1.00. The molecule has 0 unspecified atom stereocenters. The minimum absolute atomic E-state index is 0.0825. The van der Waals surface area contributed by atoms with Gasteiger partial charge in [0.1, 0.15) is 11.4 Å². The van der Waals surface area contributed by atoms with Crippen LogP contribution in [0.25, 0.3) is 22.2 Å². The van der Waals surface area contributed by atoms with E-state index in [0.717, 1.165) is 22.2 Å². The maximum absolute atomic E-state index is 13.9. The Labute approximate surface area is 194 Å². The fourth-order valence-corrected chi connectivity index (χ4v) is 5.01. The van der Waals surface area contributed by atoms with Crippen LogP contribution in [-0.4, -0.2) is 35.3 Å². The molecule has 0 radical (unpaired) electrons. The Morgan fingerprint density at radius 3 is 2.39 bits per heavy atom. The molecule has 0 amide bonds. The maximum Gasteiger partial charge on any atom is 0.340 e. The normalized spacial score (nSPS) is 12.4. The predicted octanol–water partition coefficient (Wildman–Crippen LogP) is 4.97. The van der Waals surface area contributed by atoms with Crippen LogP contribution in [0.2, 0.25) is 5.02 Å². The van der Waals surface area contributed by atoms with E-state index in [9.17, 15) is 14.0 Å². The van der Waals surface area contributed by atoms with Gasteiger partial charge in [0.15, 0.2) is 0 Å². The van der Waals surface area contributed by atoms with Gasteiger partial charge in [-0.05, 0) is 29.8 Å². The number of benzene rings is 2. The van der Waals surface area contributed by atoms with Gasteiger partial charge in [-0.3, -0.25) is 0 Å². The first kappa shape index (κ1) is 21.3. The molecule has 5 rings (SSSR count). The van der Waals surface area contributed by atoms with Gasteiger partial charge in [-0.15, -0.1) is 0 Å². The lowest BCUT2D eigenvalue weighted by molar-refractivity contribution is 0.0556. The first-order valence-corrected chi connectivity index (χ1v) is 10.7. The number of methoxy groups -OCH3 is 2. The zero-order valence-corrected chi connectivity index (χ0v) is 19.0. The first-order valence-electron chi connectivity index (χ1n) is 10.3. The van der Waals surface area contributed by atoms with E-state index in [0.29, 0.717) is 29.9 Å². The number of hydrogen-bond donors (Lipinski definition) is 0. The minimum Gasteiger partial charge on any atom is -0.465 e. The van der Waals surface area contributed by atoms with Crippen LogP contribution in [0.4, 0.5) is 4.39 Å². The molecule has 1 aliphatic heterocycles. The topological polar surface area (TPSA) is 62.5 Å². The third kappa shape index (κ3) is 3.07. The summed E-state index contributed by atoms with van der Waals surface area (Å²) in [5.74, 6) is -1.89. The highest BCUT2D eigenvalue weighted by Gasteiger charge is 2.36. The Hall–Kier alpha value is -3.58. The van der Waals surface area contributed by atoms with Crippen LogP contribution in [0, 0.1) is 5.82 Å². The summed E-state index contributed by atoms with van der Waals surface area (Å²) in [6, 6.07) is 12.3. The average molecular weight is 467 g/mol. The molecule has 1 aliphatic rings. The third-order valence-electron chi connectivity index (χ3n) is 6.34. The Kier molecular flexibility index (Phi) is 5.01. The SMILES string of the molecule is COC(=O)c1c(C(=O)OC)c(-c2ccc(F)c(Cl)c2)n2c1Cc1c(n(C)c3ccccc13)C2. The maximum atomic E-state index is 13.9. The zero-order valence-electron chi connectivity index (χ0n) is 18.2. The van der Waals surface area contributed by atoms with Crippen molar-refractivity contribution in [2.75, 3.05) is 14.2 Å². The van der Waals surface area contributed by atoms with E-state index in [-0.39, 0.29) is 16.1 Å². The lowest BCUT2D eigenvalue weighted by Crippen LogP contribution is -2.18. The highest BCUT2D eigenvalue weighted by Crippen LogP contribution is 2.41. The van der Waals surface area contributed by atoms with Gasteiger partial charge in [-0.1, -0.05) is 29.8 Å². The zero-order chi connectivity index (χ0) is 23.4. The Morgan fingerprint density at radius 1 is 1.00 bits per heavy atom. The number of carbonyl (C=O) groups excluding carboxylic acids is 2. The summed E-state index contributed by atoms with van der Waals surface area (Å²) in [6.45, 7) is 0.404. The third-order valence-corrected chi connectivity index (χ3v) is 6.63. The van der Waals surface area contributed by atoms with Crippen molar-refractivity contribution >= 4 is 34.4 Å². The monoisotopic (exact) mass is 466 g/mol. The van der Waals surface area contributed by atoms with Crippen molar-refractivity contribution in [1.29, 1.82) is 0 Å². The van der Waals surface area contributed by atoms with E-state index in [4.69, 9.17) is 21.1 Å². The number of esters is 2. The highest BCUT2D eigenvalue weighted by atomic mass is 35.5. The number of rotatable bonds is 3. The van der Waals surface area contributed by atoms with Crippen molar-refractivity contribution < 1.29 is 23.5 Å². The van der Waals surface area contributed by atoms with E-state index < -0.39 is 17.8 Å². The fraction of sp³-hybridized carbons (Fsp3) is 0.200. The second kappa shape index (κ2) is 7.78. The molecule has 0 bridgehead atoms. The summed E-state index contributed by atoms with van der Waals surface area (Å²) in [6.07, 6.45) is 0.417. The number of ether oxygens (including phenoxy) is 2. The van der Waals surface area contributed by atoms with E-state index >= 15 is 0 Å². The lowest BCUT2D eigenvalue weighted by Gasteiger charge is -2.21. The second-order valence-corrected chi connectivity index (χ2v) is 8.33. The van der Waals surface area contributed by atoms with Gasteiger partial charge < -0.3 is 18.6 Å². The smallest absolute Gasteiger partial charge is 0.340 e. The van der Waals surface area contributed by atoms with Gasteiger partial charge in [0.2, 0.25) is 0 Å². The number of carbonyl (C=O) groups is 2. The molecule has 0 spiro atoms. The predicted molar refractivity (Wildman–Crippen MR) is 122 cm³/mol. The van der Waals surface area contributed by atoms with E-state index in [1.165, 1.54) is 32.4 Å². The van der Waals surface area contributed by atoms with Crippen molar-refractivity contribution in [2.24, 2.45) is 7.05 Å². The van der Waals surface area contributed by atoms with Crippen LogP contribution in [0.15, 0.2) is 42.5 Å². The number of hydrogen-bond acceptors (Lipinski definition) is 4.